The number of ether oxygens (including phenoxy) is 1. The van der Waals surface area contributed by atoms with E-state index in [4.69, 9.17) is 39.5 Å². The van der Waals surface area contributed by atoms with Gasteiger partial charge in [0.05, 0.1) is 17.5 Å². The Bertz CT molecular complexity index is 305. The summed E-state index contributed by atoms with van der Waals surface area (Å²) in [6.07, 6.45) is -0.0881. The third-order valence-corrected chi connectivity index (χ3v) is 4.26. The maximum absolute atomic E-state index is 5.80. The zero-order chi connectivity index (χ0) is 12.0. The summed E-state index contributed by atoms with van der Waals surface area (Å²) in [5.74, 6) is 0.883. The molecule has 5 heteroatoms. The molecule has 0 N–H and O–H groups in total. The maximum atomic E-state index is 5.80. The lowest BCUT2D eigenvalue weighted by Gasteiger charge is -2.19. The van der Waals surface area contributed by atoms with Crippen LogP contribution in [0.3, 0.4) is 0 Å². The van der Waals surface area contributed by atoms with Gasteiger partial charge in [-0.1, -0.05) is 39.7 Å². The first-order chi connectivity index (χ1) is 7.67. The molecular weight excluding hydrogens is 334 g/mol. The predicted molar refractivity (Wildman–Crippen MR) is 74.2 cm³/mol. The van der Waals surface area contributed by atoms with Crippen LogP contribution in [0.5, 0.6) is 0 Å². The molecule has 0 bridgehead atoms. The number of benzene rings is 1. The molecule has 0 saturated heterocycles. The number of alkyl halides is 3. The van der Waals surface area contributed by atoms with Crippen LogP contribution in [0, 0.1) is 0 Å². The summed E-state index contributed by atoms with van der Waals surface area (Å²) in [5, 5.41) is 0.719. The Balaban J connectivity index is 2.46. The maximum Gasteiger partial charge on any atom is 0.0851 e. The van der Waals surface area contributed by atoms with Crippen LogP contribution in [0.25, 0.3) is 0 Å². The van der Waals surface area contributed by atoms with Crippen molar-refractivity contribution in [3.05, 3.63) is 34.9 Å². The Hall–Kier alpha value is 0.530. The highest BCUT2D eigenvalue weighted by molar-refractivity contribution is 9.09. The quantitative estimate of drug-likeness (QED) is 0.691. The van der Waals surface area contributed by atoms with Crippen molar-refractivity contribution in [3.8, 4) is 0 Å². The highest BCUT2D eigenvalue weighted by Crippen LogP contribution is 2.16. The second-order valence-corrected chi connectivity index (χ2v) is 5.53. The molecule has 0 amide bonds. The Labute approximate surface area is 119 Å². The summed E-state index contributed by atoms with van der Waals surface area (Å²) in [6, 6.07) is 7.53. The number of rotatable bonds is 6. The molecule has 0 heterocycles. The number of hydrogen-bond donors (Lipinski definition) is 0. The number of halogens is 4. The van der Waals surface area contributed by atoms with E-state index in [0.29, 0.717) is 18.4 Å². The lowest BCUT2D eigenvalue weighted by atomic mass is 10.2. The van der Waals surface area contributed by atoms with Gasteiger partial charge in [0.15, 0.2) is 0 Å². The molecule has 0 aliphatic carbocycles. The van der Waals surface area contributed by atoms with Crippen LogP contribution in [0.4, 0.5) is 0 Å². The second kappa shape index (κ2) is 7.78. The van der Waals surface area contributed by atoms with Crippen molar-refractivity contribution in [1.82, 2.24) is 0 Å². The van der Waals surface area contributed by atoms with Gasteiger partial charge in [0.25, 0.3) is 0 Å². The molecule has 1 nitrogen and oxygen atoms in total. The largest absolute Gasteiger partial charge is 0.371 e. The summed E-state index contributed by atoms with van der Waals surface area (Å²) < 4.78 is 5.66. The molecule has 0 fully saturated rings. The first-order valence-corrected chi connectivity index (χ1v) is 7.15. The van der Waals surface area contributed by atoms with Crippen LogP contribution in [0.15, 0.2) is 24.3 Å². The van der Waals surface area contributed by atoms with E-state index in [1.807, 2.05) is 24.3 Å². The van der Waals surface area contributed by atoms with E-state index >= 15 is 0 Å². The fraction of sp³-hybridized carbons (Fsp3) is 0.455. The van der Waals surface area contributed by atoms with Crippen LogP contribution in [0.2, 0.25) is 5.02 Å². The lowest BCUT2D eigenvalue weighted by Crippen LogP contribution is -2.27. The van der Waals surface area contributed by atoms with E-state index in [9.17, 15) is 0 Å². The van der Waals surface area contributed by atoms with E-state index < -0.39 is 0 Å². The van der Waals surface area contributed by atoms with Crippen molar-refractivity contribution in [2.24, 2.45) is 0 Å². The minimum absolute atomic E-state index is 0.0685. The normalized spacial score (nSPS) is 14.8. The molecule has 1 aromatic carbocycles. The molecular formula is C11H12BrCl3O. The molecule has 16 heavy (non-hydrogen) atoms. The average molecular weight is 346 g/mol. The fourth-order valence-corrected chi connectivity index (χ4v) is 2.31. The summed E-state index contributed by atoms with van der Waals surface area (Å²) >= 11 is 20.7. The van der Waals surface area contributed by atoms with Gasteiger partial charge in [-0.25, -0.2) is 0 Å². The van der Waals surface area contributed by atoms with E-state index in [1.165, 1.54) is 0 Å². The molecule has 2 atom stereocenters. The molecule has 90 valence electrons. The van der Waals surface area contributed by atoms with Gasteiger partial charge >= 0.3 is 0 Å². The average Bonchev–Trinajstić information content (AvgIpc) is 2.31. The predicted octanol–water partition coefficient (Wildman–Crippen LogP) is 4.47. The van der Waals surface area contributed by atoms with E-state index in [2.05, 4.69) is 15.9 Å². The third kappa shape index (κ3) is 4.80. The minimum Gasteiger partial charge on any atom is -0.371 e. The lowest BCUT2D eigenvalue weighted by molar-refractivity contribution is 0.0584. The molecule has 0 radical (unpaired) electrons. The van der Waals surface area contributed by atoms with Crippen molar-refractivity contribution in [3.63, 3.8) is 0 Å². The van der Waals surface area contributed by atoms with E-state index in [1.54, 1.807) is 0 Å². The smallest absolute Gasteiger partial charge is 0.0851 e. The Morgan fingerprint density at radius 2 is 1.75 bits per heavy atom. The van der Waals surface area contributed by atoms with Gasteiger partial charge in [0.2, 0.25) is 0 Å². The zero-order valence-electron chi connectivity index (χ0n) is 8.51. The second-order valence-electron chi connectivity index (χ2n) is 3.30. The molecule has 0 aliphatic rings. The van der Waals surface area contributed by atoms with E-state index in [-0.39, 0.29) is 10.9 Å². The fourth-order valence-electron chi connectivity index (χ4n) is 1.13. The van der Waals surface area contributed by atoms with Crippen molar-refractivity contribution in [2.75, 3.05) is 11.8 Å². The summed E-state index contributed by atoms with van der Waals surface area (Å²) in [5.41, 5.74) is 1.06. The first kappa shape index (κ1) is 14.6. The van der Waals surface area contributed by atoms with Crippen LogP contribution >= 0.6 is 50.7 Å². The third-order valence-electron chi connectivity index (χ3n) is 2.08. The standard InChI is InChI=1S/C11H12BrCl3O/c12-10(5-13)11(6-14)16-7-8-1-3-9(15)4-2-8/h1-4,10-11H,5-7H2. The molecule has 0 aliphatic heterocycles. The highest BCUT2D eigenvalue weighted by atomic mass is 79.9. The summed E-state index contributed by atoms with van der Waals surface area (Å²) in [4.78, 5) is 0.0685. The topological polar surface area (TPSA) is 9.23 Å². The molecule has 0 spiro atoms. The van der Waals surface area contributed by atoms with Crippen LogP contribution in [0.1, 0.15) is 5.56 Å². The van der Waals surface area contributed by atoms with Gasteiger partial charge in [-0.15, -0.1) is 23.2 Å². The first-order valence-electron chi connectivity index (χ1n) is 4.79. The molecule has 2 unspecified atom stereocenters. The van der Waals surface area contributed by atoms with Gasteiger partial charge in [-0.2, -0.15) is 0 Å². The molecule has 1 aromatic rings. The van der Waals surface area contributed by atoms with Crippen LogP contribution in [-0.2, 0) is 11.3 Å². The highest BCUT2D eigenvalue weighted by Gasteiger charge is 2.17. The van der Waals surface area contributed by atoms with Crippen LogP contribution in [-0.4, -0.2) is 22.7 Å². The van der Waals surface area contributed by atoms with Gasteiger partial charge in [-0.3, -0.25) is 0 Å². The zero-order valence-corrected chi connectivity index (χ0v) is 12.4. The van der Waals surface area contributed by atoms with Gasteiger partial charge in [0.1, 0.15) is 0 Å². The monoisotopic (exact) mass is 344 g/mol. The van der Waals surface area contributed by atoms with Crippen molar-refractivity contribution in [2.45, 2.75) is 17.5 Å². The summed E-state index contributed by atoms with van der Waals surface area (Å²) in [7, 11) is 0. The molecule has 1 rings (SSSR count). The molecule has 0 aromatic heterocycles. The Morgan fingerprint density at radius 1 is 1.12 bits per heavy atom. The van der Waals surface area contributed by atoms with Gasteiger partial charge in [0, 0.05) is 16.8 Å². The van der Waals surface area contributed by atoms with Gasteiger partial charge in [-0.05, 0) is 17.7 Å². The van der Waals surface area contributed by atoms with Crippen molar-refractivity contribution >= 4 is 50.7 Å². The minimum atomic E-state index is -0.0881. The molecule has 0 saturated carbocycles. The Morgan fingerprint density at radius 3 is 2.25 bits per heavy atom. The SMILES string of the molecule is ClCC(Br)C(CCl)OCc1ccc(Cl)cc1. The number of hydrogen-bond acceptors (Lipinski definition) is 1. The van der Waals surface area contributed by atoms with E-state index in [0.717, 1.165) is 10.6 Å². The Kier molecular flexibility index (Phi) is 7.09. The van der Waals surface area contributed by atoms with Crippen molar-refractivity contribution < 1.29 is 4.74 Å². The van der Waals surface area contributed by atoms with Crippen LogP contribution < -0.4 is 0 Å². The van der Waals surface area contributed by atoms with Crippen molar-refractivity contribution in [1.29, 1.82) is 0 Å². The van der Waals surface area contributed by atoms with Gasteiger partial charge < -0.3 is 4.74 Å². The summed E-state index contributed by atoms with van der Waals surface area (Å²) in [6.45, 7) is 0.507.